The Morgan fingerprint density at radius 2 is 1.71 bits per heavy atom. The Kier molecular flexibility index (Phi) is 5.78. The number of hydrogen-bond donors (Lipinski definition) is 0. The molecule has 0 aromatic heterocycles. The molecule has 3 heteroatoms. The monoisotopic (exact) mass is 308 g/mol. The van der Waals surface area contributed by atoms with Crippen LogP contribution in [0.2, 0.25) is 8.87 Å². The van der Waals surface area contributed by atoms with Gasteiger partial charge in [0.2, 0.25) is 0 Å². The van der Waals surface area contributed by atoms with E-state index in [1.165, 1.54) is 34.6 Å². The van der Waals surface area contributed by atoms with E-state index >= 15 is 0 Å². The van der Waals surface area contributed by atoms with E-state index in [9.17, 15) is 0 Å². The number of hydrogen-bond acceptors (Lipinski definition) is 2. The van der Waals surface area contributed by atoms with Crippen LogP contribution in [0.4, 0.5) is 0 Å². The number of rotatable bonds is 6. The fourth-order valence-corrected chi connectivity index (χ4v) is 13.3. The van der Waals surface area contributed by atoms with Gasteiger partial charge in [-0.2, -0.15) is 0 Å². The molecule has 0 N–H and O–H groups in total. The molecule has 14 heavy (non-hydrogen) atoms. The van der Waals surface area contributed by atoms with Crippen molar-refractivity contribution >= 4 is 19.2 Å². The minimum atomic E-state index is -2.51. The summed E-state index contributed by atoms with van der Waals surface area (Å²) in [7, 11) is 0. The molecule has 1 unspecified atom stereocenters. The molecule has 1 saturated heterocycles. The van der Waals surface area contributed by atoms with Crippen LogP contribution in [0.3, 0.4) is 0 Å². The summed E-state index contributed by atoms with van der Waals surface area (Å²) in [4.78, 5) is 0. The van der Waals surface area contributed by atoms with Gasteiger partial charge in [0, 0.05) is 0 Å². The summed E-state index contributed by atoms with van der Waals surface area (Å²) in [6.45, 7) is 7.51. The van der Waals surface area contributed by atoms with Crippen molar-refractivity contribution in [3.8, 4) is 0 Å². The zero-order chi connectivity index (χ0) is 10.4. The van der Waals surface area contributed by atoms with Gasteiger partial charge in [0.1, 0.15) is 0 Å². The van der Waals surface area contributed by atoms with Gasteiger partial charge in [-0.15, -0.1) is 0 Å². The molecule has 1 fully saturated rings. The Hall–Kier alpha value is 0.719. The van der Waals surface area contributed by atoms with Crippen LogP contribution in [0, 0.1) is 0 Å². The van der Waals surface area contributed by atoms with Crippen molar-refractivity contribution in [1.29, 1.82) is 0 Å². The standard InChI is InChI=1S/2C4H9.C3H6O2.Sn/c2*1-3-4-2;1-3(5)2-4;/h2*1,3-4H2,2H3;3H,2H2,1H3;/q;;-2;+2. The first-order chi connectivity index (χ1) is 6.72. The van der Waals surface area contributed by atoms with Crippen LogP contribution in [-0.2, 0) is 6.15 Å². The molecule has 0 aliphatic carbocycles. The van der Waals surface area contributed by atoms with Crippen LogP contribution in [0.25, 0.3) is 0 Å². The van der Waals surface area contributed by atoms with E-state index in [4.69, 9.17) is 6.15 Å². The molecule has 1 atom stereocenters. The zero-order valence-corrected chi connectivity index (χ0v) is 12.7. The third kappa shape index (κ3) is 3.70. The summed E-state index contributed by atoms with van der Waals surface area (Å²) in [5.41, 5.74) is 0. The second kappa shape index (κ2) is 6.33. The summed E-state index contributed by atoms with van der Waals surface area (Å²) in [6.07, 6.45) is 5.51. The quantitative estimate of drug-likeness (QED) is 0.700. The molecule has 0 amide bonds. The molecule has 0 radical (unpaired) electrons. The van der Waals surface area contributed by atoms with E-state index in [0.717, 1.165) is 6.61 Å². The van der Waals surface area contributed by atoms with Crippen molar-refractivity contribution in [2.75, 3.05) is 6.61 Å². The third-order valence-electron chi connectivity index (χ3n) is 2.82. The van der Waals surface area contributed by atoms with Crippen molar-refractivity contribution in [3.05, 3.63) is 0 Å². The zero-order valence-electron chi connectivity index (χ0n) is 9.84. The second-order valence-electron chi connectivity index (χ2n) is 4.36. The SMILES string of the molecule is CCC[CH2][Sn]1([CH2]CCC)[O]CC(C)[O]1. The average molecular weight is 307 g/mol. The van der Waals surface area contributed by atoms with Gasteiger partial charge in [-0.3, -0.25) is 0 Å². The first-order valence-corrected chi connectivity index (χ1v) is 12.4. The van der Waals surface area contributed by atoms with E-state index in [2.05, 4.69) is 20.8 Å². The van der Waals surface area contributed by atoms with Gasteiger partial charge in [0.15, 0.2) is 0 Å². The molecule has 1 rings (SSSR count). The molecular weight excluding hydrogens is 283 g/mol. The van der Waals surface area contributed by atoms with Crippen LogP contribution in [-0.4, -0.2) is 31.9 Å². The van der Waals surface area contributed by atoms with Gasteiger partial charge in [-0.25, -0.2) is 0 Å². The van der Waals surface area contributed by atoms with Crippen molar-refractivity contribution in [2.24, 2.45) is 0 Å². The first kappa shape index (κ1) is 12.8. The van der Waals surface area contributed by atoms with E-state index in [0.29, 0.717) is 6.10 Å². The van der Waals surface area contributed by atoms with Gasteiger partial charge in [0.25, 0.3) is 0 Å². The van der Waals surface area contributed by atoms with E-state index < -0.39 is 19.2 Å². The van der Waals surface area contributed by atoms with Crippen LogP contribution >= 0.6 is 0 Å². The second-order valence-corrected chi connectivity index (χ2v) is 13.9. The van der Waals surface area contributed by atoms with E-state index in [1.54, 1.807) is 0 Å². The topological polar surface area (TPSA) is 18.5 Å². The molecule has 1 aliphatic heterocycles. The molecule has 2 nitrogen and oxygen atoms in total. The van der Waals surface area contributed by atoms with E-state index in [1.807, 2.05) is 0 Å². The van der Waals surface area contributed by atoms with Crippen LogP contribution in [0.5, 0.6) is 0 Å². The molecular formula is C11H24O2Sn. The van der Waals surface area contributed by atoms with E-state index in [-0.39, 0.29) is 0 Å². The van der Waals surface area contributed by atoms with Gasteiger partial charge < -0.3 is 0 Å². The van der Waals surface area contributed by atoms with Gasteiger partial charge in [-0.05, 0) is 0 Å². The predicted molar refractivity (Wildman–Crippen MR) is 61.7 cm³/mol. The summed E-state index contributed by atoms with van der Waals surface area (Å²) in [5, 5.41) is 0. The van der Waals surface area contributed by atoms with Gasteiger partial charge in [-0.1, -0.05) is 0 Å². The molecule has 0 saturated carbocycles. The minimum absolute atomic E-state index is 0.375. The fraction of sp³-hybridized carbons (Fsp3) is 1.00. The molecule has 0 aromatic rings. The normalized spacial score (nSPS) is 25.5. The molecule has 1 aliphatic rings. The van der Waals surface area contributed by atoms with Crippen molar-refractivity contribution in [2.45, 2.75) is 61.4 Å². The Labute approximate surface area is 93.3 Å². The molecule has 0 spiro atoms. The van der Waals surface area contributed by atoms with Crippen molar-refractivity contribution in [1.82, 2.24) is 0 Å². The van der Waals surface area contributed by atoms with Crippen molar-refractivity contribution < 1.29 is 6.15 Å². The Morgan fingerprint density at radius 3 is 2.07 bits per heavy atom. The first-order valence-electron chi connectivity index (χ1n) is 6.04. The van der Waals surface area contributed by atoms with Crippen LogP contribution in [0.15, 0.2) is 0 Å². The maximum absolute atomic E-state index is 6.14. The molecule has 0 bridgehead atoms. The Balaban J connectivity index is 2.42. The molecule has 1 heterocycles. The summed E-state index contributed by atoms with van der Waals surface area (Å²) in [6, 6.07) is 0. The molecule has 0 aromatic carbocycles. The Bertz CT molecular complexity index is 153. The third-order valence-corrected chi connectivity index (χ3v) is 13.5. The van der Waals surface area contributed by atoms with Crippen LogP contribution < -0.4 is 0 Å². The van der Waals surface area contributed by atoms with Crippen LogP contribution in [0.1, 0.15) is 46.5 Å². The maximum atomic E-state index is 6.14. The predicted octanol–water partition coefficient (Wildman–Crippen LogP) is 3.46. The summed E-state index contributed by atoms with van der Waals surface area (Å²) >= 11 is -2.51. The van der Waals surface area contributed by atoms with Gasteiger partial charge >= 0.3 is 93.4 Å². The fourth-order valence-electron chi connectivity index (χ4n) is 1.98. The Morgan fingerprint density at radius 1 is 1.14 bits per heavy atom. The molecule has 84 valence electrons. The number of unbranched alkanes of at least 4 members (excludes halogenated alkanes) is 2. The van der Waals surface area contributed by atoms with Gasteiger partial charge in [0.05, 0.1) is 0 Å². The summed E-state index contributed by atoms with van der Waals surface area (Å²) in [5.74, 6) is 0. The van der Waals surface area contributed by atoms with Crippen molar-refractivity contribution in [3.63, 3.8) is 0 Å². The summed E-state index contributed by atoms with van der Waals surface area (Å²) < 4.78 is 14.7. The average Bonchev–Trinajstić information content (AvgIpc) is 2.55.